The summed E-state index contributed by atoms with van der Waals surface area (Å²) < 4.78 is 23.5. The van der Waals surface area contributed by atoms with Crippen molar-refractivity contribution < 1.29 is 38.7 Å². The van der Waals surface area contributed by atoms with Crippen molar-refractivity contribution >= 4 is 33.7 Å². The van der Waals surface area contributed by atoms with Gasteiger partial charge in [0.2, 0.25) is 0 Å². The predicted molar refractivity (Wildman–Crippen MR) is 230 cm³/mol. The zero-order chi connectivity index (χ0) is 41.8. The first kappa shape index (κ1) is 40.5. The van der Waals surface area contributed by atoms with E-state index in [0.717, 1.165) is 72.7 Å². The third-order valence-corrected chi connectivity index (χ3v) is 9.51. The van der Waals surface area contributed by atoms with Crippen molar-refractivity contribution in [2.45, 2.75) is 40.3 Å². The third kappa shape index (κ3) is 10.8. The normalized spacial score (nSPS) is 10.7. The highest BCUT2D eigenvalue weighted by Crippen LogP contribution is 2.27. The highest BCUT2D eigenvalue weighted by atomic mass is 16.5. The highest BCUT2D eigenvalue weighted by molar-refractivity contribution is 5.88. The fourth-order valence-corrected chi connectivity index (χ4v) is 6.35. The summed E-state index contributed by atoms with van der Waals surface area (Å²) in [6.45, 7) is 5.26. The first-order valence-corrected chi connectivity index (χ1v) is 19.2. The van der Waals surface area contributed by atoms with E-state index in [0.29, 0.717) is 32.2 Å². The minimum absolute atomic E-state index is 0.248. The summed E-state index contributed by atoms with van der Waals surface area (Å²) in [5.41, 5.74) is 7.62. The number of ether oxygens (including phenoxy) is 4. The van der Waals surface area contributed by atoms with Crippen LogP contribution in [0.1, 0.15) is 54.4 Å². The summed E-state index contributed by atoms with van der Waals surface area (Å²) >= 11 is 0. The summed E-state index contributed by atoms with van der Waals surface area (Å²) in [6.07, 6.45) is 0. The Morgan fingerprint density at radius 2 is 0.883 bits per heavy atom. The first-order chi connectivity index (χ1) is 29.2. The van der Waals surface area contributed by atoms with Crippen molar-refractivity contribution in [3.8, 4) is 23.0 Å². The maximum absolute atomic E-state index is 11.1. The van der Waals surface area contributed by atoms with Crippen molar-refractivity contribution in [3.63, 3.8) is 0 Å². The summed E-state index contributed by atoms with van der Waals surface area (Å²) in [5, 5.41) is 20.4. The Bertz CT molecular complexity index is 2790. The number of carboxylic acids is 2. The van der Waals surface area contributed by atoms with Gasteiger partial charge in [-0.25, -0.2) is 19.6 Å². The molecule has 0 aliphatic carbocycles. The Morgan fingerprint density at radius 3 is 1.37 bits per heavy atom. The van der Waals surface area contributed by atoms with Gasteiger partial charge in [0.15, 0.2) is 0 Å². The molecular formula is C50H42N2O8. The SMILES string of the molecule is Cc1cc(OCc2ccc3ccccc3n2)ccc1OCc1cccc(C(=O)O)c1.Cc1cc(OCc2cccc(C(=O)O)c2)ccc1OCc1ccc2ccccc2n1. The Labute approximate surface area is 347 Å². The van der Waals surface area contributed by atoms with Gasteiger partial charge in [0.25, 0.3) is 0 Å². The van der Waals surface area contributed by atoms with Gasteiger partial charge < -0.3 is 29.2 Å². The second-order valence-electron chi connectivity index (χ2n) is 14.0. The van der Waals surface area contributed by atoms with Gasteiger partial charge in [-0.15, -0.1) is 0 Å². The van der Waals surface area contributed by atoms with E-state index in [4.69, 9.17) is 29.2 Å². The predicted octanol–water partition coefficient (Wildman–Crippen LogP) is 10.8. The monoisotopic (exact) mass is 798 g/mol. The summed E-state index contributed by atoms with van der Waals surface area (Å²) in [7, 11) is 0. The van der Waals surface area contributed by atoms with Gasteiger partial charge in [-0.1, -0.05) is 72.8 Å². The van der Waals surface area contributed by atoms with Gasteiger partial charge in [0, 0.05) is 10.8 Å². The Hall–Kier alpha value is -7.72. The van der Waals surface area contributed by atoms with Crippen LogP contribution in [0.2, 0.25) is 0 Å². The molecule has 8 rings (SSSR count). The lowest BCUT2D eigenvalue weighted by Gasteiger charge is -2.12. The molecule has 0 bridgehead atoms. The maximum Gasteiger partial charge on any atom is 0.335 e. The van der Waals surface area contributed by atoms with Crippen molar-refractivity contribution in [2.24, 2.45) is 0 Å². The molecule has 2 aromatic heterocycles. The van der Waals surface area contributed by atoms with Gasteiger partial charge in [0.05, 0.1) is 33.5 Å². The molecule has 0 aliphatic rings. The second-order valence-corrected chi connectivity index (χ2v) is 14.0. The molecule has 0 saturated heterocycles. The molecule has 10 heteroatoms. The van der Waals surface area contributed by atoms with Crippen LogP contribution in [0.4, 0.5) is 0 Å². The number of pyridine rings is 2. The number of aromatic nitrogens is 2. The number of benzene rings is 6. The number of para-hydroxylation sites is 2. The lowest BCUT2D eigenvalue weighted by molar-refractivity contribution is 0.0686. The molecule has 0 aliphatic heterocycles. The lowest BCUT2D eigenvalue weighted by atomic mass is 10.1. The number of nitrogens with zero attached hydrogens (tertiary/aromatic N) is 2. The molecule has 0 amide bonds. The van der Waals surface area contributed by atoms with Gasteiger partial charge in [0.1, 0.15) is 49.4 Å². The van der Waals surface area contributed by atoms with Gasteiger partial charge in [-0.3, -0.25) is 0 Å². The van der Waals surface area contributed by atoms with Crippen LogP contribution < -0.4 is 18.9 Å². The van der Waals surface area contributed by atoms with Crippen molar-refractivity contribution in [2.75, 3.05) is 0 Å². The number of aromatic carboxylic acids is 2. The zero-order valence-electron chi connectivity index (χ0n) is 33.1. The smallest absolute Gasteiger partial charge is 0.335 e. The van der Waals surface area contributed by atoms with E-state index in [-0.39, 0.29) is 11.1 Å². The minimum Gasteiger partial charge on any atom is -0.489 e. The van der Waals surface area contributed by atoms with Crippen LogP contribution in [0.25, 0.3) is 21.8 Å². The average Bonchev–Trinajstić information content (AvgIpc) is 3.27. The van der Waals surface area contributed by atoms with Gasteiger partial charge >= 0.3 is 11.9 Å². The molecule has 300 valence electrons. The Balaban J connectivity index is 0.000000181. The summed E-state index contributed by atoms with van der Waals surface area (Å²) in [4.78, 5) is 31.4. The number of rotatable bonds is 14. The molecule has 2 N–H and O–H groups in total. The number of carbonyl (C=O) groups is 2. The van der Waals surface area contributed by atoms with E-state index < -0.39 is 11.9 Å². The maximum atomic E-state index is 11.1. The van der Waals surface area contributed by atoms with E-state index in [1.165, 1.54) is 0 Å². The van der Waals surface area contributed by atoms with E-state index in [1.54, 1.807) is 36.4 Å². The summed E-state index contributed by atoms with van der Waals surface area (Å²) in [5.74, 6) is 1.04. The zero-order valence-corrected chi connectivity index (χ0v) is 33.1. The molecule has 10 nitrogen and oxygen atoms in total. The van der Waals surface area contributed by atoms with Gasteiger partial charge in [-0.2, -0.15) is 0 Å². The van der Waals surface area contributed by atoms with E-state index >= 15 is 0 Å². The molecule has 8 aromatic rings. The van der Waals surface area contributed by atoms with Crippen LogP contribution >= 0.6 is 0 Å². The summed E-state index contributed by atoms with van der Waals surface area (Å²) in [6, 6.07) is 48.7. The van der Waals surface area contributed by atoms with E-state index in [2.05, 4.69) is 9.97 Å². The molecule has 0 fully saturated rings. The first-order valence-electron chi connectivity index (χ1n) is 19.2. The Morgan fingerprint density at radius 1 is 0.450 bits per heavy atom. The molecule has 0 radical (unpaired) electrons. The third-order valence-electron chi connectivity index (χ3n) is 9.51. The van der Waals surface area contributed by atoms with Gasteiger partial charge in [-0.05, 0) is 121 Å². The van der Waals surface area contributed by atoms with Crippen LogP contribution in [-0.4, -0.2) is 32.1 Å². The quantitative estimate of drug-likeness (QED) is 0.109. The molecule has 2 heterocycles. The molecule has 0 unspecified atom stereocenters. The average molecular weight is 799 g/mol. The molecule has 0 saturated carbocycles. The van der Waals surface area contributed by atoms with E-state index in [9.17, 15) is 9.59 Å². The lowest BCUT2D eigenvalue weighted by Crippen LogP contribution is -2.02. The van der Waals surface area contributed by atoms with Crippen molar-refractivity contribution in [1.82, 2.24) is 9.97 Å². The second kappa shape index (κ2) is 19.1. The number of hydrogen-bond acceptors (Lipinski definition) is 8. The standard InChI is InChI=1S/2C25H21NO4/c1-17-13-22(29-16-21-10-9-19-6-2-3-8-23(19)26-21)11-12-24(17)30-15-18-5-4-7-20(14-18)25(27)28;1-17-13-22(29-15-18-5-4-7-20(14-18)25(27)28)11-12-24(17)30-16-21-10-9-19-6-2-3-8-23(19)26-21/h2*2-14H,15-16H2,1H3,(H,27,28). The van der Waals surface area contributed by atoms with Crippen LogP contribution in [-0.2, 0) is 26.4 Å². The van der Waals surface area contributed by atoms with Crippen LogP contribution in [0.3, 0.4) is 0 Å². The number of hydrogen-bond donors (Lipinski definition) is 2. The van der Waals surface area contributed by atoms with E-state index in [1.807, 2.05) is 135 Å². The number of carboxylic acid groups (broad SMARTS) is 2. The molecular weight excluding hydrogens is 757 g/mol. The molecule has 0 spiro atoms. The van der Waals surface area contributed by atoms with Crippen LogP contribution in [0.15, 0.2) is 158 Å². The fourth-order valence-electron chi connectivity index (χ4n) is 6.35. The molecule has 6 aromatic carbocycles. The van der Waals surface area contributed by atoms with Crippen LogP contribution in [0, 0.1) is 13.8 Å². The number of fused-ring (bicyclic) bond motifs is 2. The Kier molecular flexibility index (Phi) is 12.9. The van der Waals surface area contributed by atoms with Crippen molar-refractivity contribution in [3.05, 3.63) is 202 Å². The molecule has 60 heavy (non-hydrogen) atoms. The molecule has 0 atom stereocenters. The highest BCUT2D eigenvalue weighted by Gasteiger charge is 2.09. The van der Waals surface area contributed by atoms with Crippen LogP contribution in [0.5, 0.6) is 23.0 Å². The largest absolute Gasteiger partial charge is 0.489 e. The van der Waals surface area contributed by atoms with Crippen molar-refractivity contribution in [1.29, 1.82) is 0 Å². The number of aryl methyl sites for hydroxylation is 2. The fraction of sp³-hybridized carbons (Fsp3) is 0.120. The minimum atomic E-state index is -0.949. The topological polar surface area (TPSA) is 137 Å².